The van der Waals surface area contributed by atoms with E-state index in [1.165, 1.54) is 0 Å². The lowest BCUT2D eigenvalue weighted by Crippen LogP contribution is -2.41. The van der Waals surface area contributed by atoms with E-state index in [1.54, 1.807) is 65.3 Å². The van der Waals surface area contributed by atoms with Crippen molar-refractivity contribution < 1.29 is 19.1 Å². The quantitative estimate of drug-likeness (QED) is 0.539. The standard InChI is InChI=1S/C25H27ClN4O4/c1-4-33-21-11-10-16(14-22(21)34-5-2)25(32)30-13-12-19(23-20(30)15-29(3)28-23)27-24(31)17-8-6-7-9-18(17)26/h6-11,14-15,19H,4-5,12-13H2,1-3H3,(H,27,31). The molecule has 1 N–H and O–H groups in total. The summed E-state index contributed by atoms with van der Waals surface area (Å²) in [5.74, 6) is 0.682. The summed E-state index contributed by atoms with van der Waals surface area (Å²) < 4.78 is 12.9. The van der Waals surface area contributed by atoms with Crippen molar-refractivity contribution in [1.29, 1.82) is 0 Å². The van der Waals surface area contributed by atoms with Crippen molar-refractivity contribution in [2.45, 2.75) is 26.3 Å². The molecule has 2 heterocycles. The number of carbonyl (C=O) groups is 2. The molecule has 1 unspecified atom stereocenters. The number of ether oxygens (including phenoxy) is 2. The largest absolute Gasteiger partial charge is 0.490 e. The third-order valence-electron chi connectivity index (χ3n) is 5.56. The second kappa shape index (κ2) is 10.2. The molecule has 3 aromatic rings. The lowest BCUT2D eigenvalue weighted by Gasteiger charge is -2.31. The van der Waals surface area contributed by atoms with E-state index in [9.17, 15) is 9.59 Å². The van der Waals surface area contributed by atoms with Gasteiger partial charge in [0.1, 0.15) is 5.69 Å². The van der Waals surface area contributed by atoms with E-state index in [0.717, 1.165) is 0 Å². The number of fused-ring (bicyclic) bond motifs is 1. The van der Waals surface area contributed by atoms with E-state index in [2.05, 4.69) is 10.4 Å². The molecule has 178 valence electrons. The Morgan fingerprint density at radius 1 is 1.12 bits per heavy atom. The van der Waals surface area contributed by atoms with E-state index in [4.69, 9.17) is 21.1 Å². The average molecular weight is 483 g/mol. The zero-order chi connectivity index (χ0) is 24.2. The van der Waals surface area contributed by atoms with Crippen molar-refractivity contribution in [3.8, 4) is 11.5 Å². The van der Waals surface area contributed by atoms with Gasteiger partial charge in [0.25, 0.3) is 11.8 Å². The van der Waals surface area contributed by atoms with Gasteiger partial charge >= 0.3 is 0 Å². The molecule has 2 amide bonds. The lowest BCUT2D eigenvalue weighted by molar-refractivity contribution is 0.0932. The topological polar surface area (TPSA) is 85.7 Å². The minimum atomic E-state index is -0.344. The number of aromatic nitrogens is 2. The van der Waals surface area contributed by atoms with Gasteiger partial charge in [0.2, 0.25) is 0 Å². The SMILES string of the molecule is CCOc1ccc(C(=O)N2CCC(NC(=O)c3ccccc3Cl)c3nn(C)cc32)cc1OCC. The molecule has 4 rings (SSSR count). The number of nitrogens with zero attached hydrogens (tertiary/aromatic N) is 3. The fraction of sp³-hybridized carbons (Fsp3) is 0.320. The van der Waals surface area contributed by atoms with Crippen LogP contribution in [0.3, 0.4) is 0 Å². The van der Waals surface area contributed by atoms with Crippen LogP contribution in [0.4, 0.5) is 5.69 Å². The Bertz CT molecular complexity index is 1210. The monoisotopic (exact) mass is 482 g/mol. The zero-order valence-corrected chi connectivity index (χ0v) is 20.1. The second-order valence-corrected chi connectivity index (χ2v) is 8.26. The number of aryl methyl sites for hydroxylation is 1. The van der Waals surface area contributed by atoms with Gasteiger partial charge in [0, 0.05) is 25.4 Å². The van der Waals surface area contributed by atoms with Crippen LogP contribution >= 0.6 is 11.6 Å². The van der Waals surface area contributed by atoms with Crippen molar-refractivity contribution >= 4 is 29.1 Å². The van der Waals surface area contributed by atoms with Crippen LogP contribution in [0.15, 0.2) is 48.7 Å². The highest BCUT2D eigenvalue weighted by Gasteiger charge is 2.33. The fourth-order valence-electron chi connectivity index (χ4n) is 4.04. The van der Waals surface area contributed by atoms with Crippen LogP contribution in [0.2, 0.25) is 5.02 Å². The van der Waals surface area contributed by atoms with Crippen molar-refractivity contribution in [2.24, 2.45) is 7.05 Å². The van der Waals surface area contributed by atoms with Crippen LogP contribution in [0.1, 0.15) is 52.7 Å². The minimum Gasteiger partial charge on any atom is -0.490 e. The highest BCUT2D eigenvalue weighted by atomic mass is 35.5. The number of carbonyl (C=O) groups excluding carboxylic acids is 2. The van der Waals surface area contributed by atoms with Crippen LogP contribution in [0.5, 0.6) is 11.5 Å². The van der Waals surface area contributed by atoms with Crippen molar-refractivity contribution in [3.05, 3.63) is 70.5 Å². The van der Waals surface area contributed by atoms with Crippen molar-refractivity contribution in [3.63, 3.8) is 0 Å². The Morgan fingerprint density at radius 2 is 1.85 bits per heavy atom. The molecule has 2 aromatic carbocycles. The van der Waals surface area contributed by atoms with Gasteiger partial charge < -0.3 is 19.7 Å². The Morgan fingerprint density at radius 3 is 2.59 bits per heavy atom. The third-order valence-corrected chi connectivity index (χ3v) is 5.89. The average Bonchev–Trinajstić information content (AvgIpc) is 3.22. The number of hydrogen-bond donors (Lipinski definition) is 1. The lowest BCUT2D eigenvalue weighted by atomic mass is 10.0. The summed E-state index contributed by atoms with van der Waals surface area (Å²) in [6, 6.07) is 11.7. The number of anilines is 1. The number of hydrogen-bond acceptors (Lipinski definition) is 5. The van der Waals surface area contributed by atoms with E-state index < -0.39 is 0 Å². The van der Waals surface area contributed by atoms with Gasteiger partial charge in [-0.15, -0.1) is 0 Å². The molecule has 0 aliphatic carbocycles. The molecule has 0 fully saturated rings. The number of nitrogens with one attached hydrogen (secondary N) is 1. The third kappa shape index (κ3) is 4.72. The maximum absolute atomic E-state index is 13.5. The summed E-state index contributed by atoms with van der Waals surface area (Å²) >= 11 is 6.19. The first-order chi connectivity index (χ1) is 16.4. The first kappa shape index (κ1) is 23.6. The highest BCUT2D eigenvalue weighted by molar-refractivity contribution is 6.33. The summed E-state index contributed by atoms with van der Waals surface area (Å²) in [7, 11) is 1.79. The van der Waals surface area contributed by atoms with E-state index in [-0.39, 0.29) is 17.9 Å². The summed E-state index contributed by atoms with van der Waals surface area (Å²) in [6.07, 6.45) is 2.31. The van der Waals surface area contributed by atoms with Crippen LogP contribution in [0, 0.1) is 0 Å². The summed E-state index contributed by atoms with van der Waals surface area (Å²) in [5.41, 5.74) is 2.19. The van der Waals surface area contributed by atoms with E-state index >= 15 is 0 Å². The predicted octanol–water partition coefficient (Wildman–Crippen LogP) is 4.39. The van der Waals surface area contributed by atoms with Gasteiger partial charge in [-0.3, -0.25) is 14.3 Å². The number of halogens is 1. The van der Waals surface area contributed by atoms with Crippen LogP contribution in [-0.4, -0.2) is 41.4 Å². The van der Waals surface area contributed by atoms with Gasteiger partial charge in [0.05, 0.1) is 35.5 Å². The van der Waals surface area contributed by atoms with Gasteiger partial charge in [-0.25, -0.2) is 0 Å². The Hall–Kier alpha value is -3.52. The number of benzene rings is 2. The molecule has 1 atom stereocenters. The molecule has 0 spiro atoms. The molecule has 0 radical (unpaired) electrons. The molecule has 1 aromatic heterocycles. The maximum atomic E-state index is 13.5. The first-order valence-corrected chi connectivity index (χ1v) is 11.6. The Kier molecular flexibility index (Phi) is 7.07. The smallest absolute Gasteiger partial charge is 0.258 e. The zero-order valence-electron chi connectivity index (χ0n) is 19.4. The fourth-order valence-corrected chi connectivity index (χ4v) is 4.26. The van der Waals surface area contributed by atoms with Crippen LogP contribution < -0.4 is 19.7 Å². The summed E-state index contributed by atoms with van der Waals surface area (Å²) in [6.45, 7) is 5.16. The highest BCUT2D eigenvalue weighted by Crippen LogP contribution is 2.35. The molecule has 0 saturated carbocycles. The maximum Gasteiger partial charge on any atom is 0.258 e. The molecule has 8 nitrogen and oxygen atoms in total. The van der Waals surface area contributed by atoms with Crippen LogP contribution in [0.25, 0.3) is 0 Å². The molecular formula is C25H27ClN4O4. The van der Waals surface area contributed by atoms with Gasteiger partial charge in [-0.2, -0.15) is 5.10 Å². The molecule has 0 bridgehead atoms. The van der Waals surface area contributed by atoms with Gasteiger partial charge in [0.15, 0.2) is 11.5 Å². The minimum absolute atomic E-state index is 0.172. The first-order valence-electron chi connectivity index (χ1n) is 11.2. The summed E-state index contributed by atoms with van der Waals surface area (Å²) in [5, 5.41) is 7.95. The summed E-state index contributed by atoms with van der Waals surface area (Å²) in [4.78, 5) is 28.0. The van der Waals surface area contributed by atoms with Crippen LogP contribution in [-0.2, 0) is 7.05 Å². The second-order valence-electron chi connectivity index (χ2n) is 7.85. The van der Waals surface area contributed by atoms with E-state index in [1.807, 2.05) is 13.8 Å². The normalized spacial score (nSPS) is 14.9. The van der Waals surface area contributed by atoms with Crippen molar-refractivity contribution in [1.82, 2.24) is 15.1 Å². The molecule has 1 aliphatic rings. The van der Waals surface area contributed by atoms with E-state index in [0.29, 0.717) is 65.2 Å². The molecular weight excluding hydrogens is 456 g/mol. The Balaban J connectivity index is 1.59. The Labute approximate surface area is 203 Å². The molecule has 9 heteroatoms. The number of amides is 2. The van der Waals surface area contributed by atoms with Gasteiger partial charge in [-0.05, 0) is 50.6 Å². The van der Waals surface area contributed by atoms with Gasteiger partial charge in [-0.1, -0.05) is 23.7 Å². The van der Waals surface area contributed by atoms with Crippen molar-refractivity contribution in [2.75, 3.05) is 24.7 Å². The molecule has 34 heavy (non-hydrogen) atoms. The molecule has 1 aliphatic heterocycles. The molecule has 0 saturated heterocycles. The predicted molar refractivity (Wildman–Crippen MR) is 130 cm³/mol. The number of rotatable bonds is 7.